The SMILES string of the molecule is Cc1cc(CC#N)c(C)n1C1CCCC1. The lowest BCUT2D eigenvalue weighted by Gasteiger charge is -2.17. The van der Waals surface area contributed by atoms with Crippen LogP contribution in [0.15, 0.2) is 6.07 Å². The lowest BCUT2D eigenvalue weighted by atomic mass is 10.2. The highest BCUT2D eigenvalue weighted by atomic mass is 15.0. The highest BCUT2D eigenvalue weighted by molar-refractivity contribution is 5.29. The van der Waals surface area contributed by atoms with Crippen LogP contribution in [0, 0.1) is 25.2 Å². The van der Waals surface area contributed by atoms with Crippen LogP contribution in [-0.2, 0) is 6.42 Å². The van der Waals surface area contributed by atoms with Crippen LogP contribution in [0.5, 0.6) is 0 Å². The predicted octanol–water partition coefficient (Wildman–Crippen LogP) is 3.29. The molecule has 1 aliphatic rings. The number of hydrogen-bond acceptors (Lipinski definition) is 1. The molecule has 1 aromatic heterocycles. The number of nitrogens with zero attached hydrogens (tertiary/aromatic N) is 2. The van der Waals surface area contributed by atoms with E-state index in [-0.39, 0.29) is 0 Å². The Kier molecular flexibility index (Phi) is 2.81. The van der Waals surface area contributed by atoms with Crippen molar-refractivity contribution in [3.63, 3.8) is 0 Å². The maximum Gasteiger partial charge on any atom is 0.0670 e. The molecule has 1 fully saturated rings. The van der Waals surface area contributed by atoms with E-state index in [1.807, 2.05) is 0 Å². The van der Waals surface area contributed by atoms with Crippen molar-refractivity contribution in [3.05, 3.63) is 23.0 Å². The zero-order valence-electron chi connectivity index (χ0n) is 9.58. The number of rotatable bonds is 2. The van der Waals surface area contributed by atoms with Crippen LogP contribution >= 0.6 is 0 Å². The molecule has 0 radical (unpaired) electrons. The summed E-state index contributed by atoms with van der Waals surface area (Å²) in [6, 6.07) is 5.11. The Morgan fingerprint density at radius 1 is 1.40 bits per heavy atom. The van der Waals surface area contributed by atoms with Gasteiger partial charge >= 0.3 is 0 Å². The third-order valence-corrected chi connectivity index (χ3v) is 3.55. The minimum absolute atomic E-state index is 0.548. The topological polar surface area (TPSA) is 28.7 Å². The van der Waals surface area contributed by atoms with Crippen molar-refractivity contribution in [1.82, 2.24) is 4.57 Å². The molecule has 0 amide bonds. The molecule has 1 saturated carbocycles. The van der Waals surface area contributed by atoms with Gasteiger partial charge in [0.25, 0.3) is 0 Å². The summed E-state index contributed by atoms with van der Waals surface area (Å²) in [6.07, 6.45) is 5.88. The number of aryl methyl sites for hydroxylation is 1. The fourth-order valence-corrected chi connectivity index (χ4v) is 2.83. The smallest absolute Gasteiger partial charge is 0.0670 e. The van der Waals surface area contributed by atoms with Gasteiger partial charge in [-0.3, -0.25) is 0 Å². The second-order valence-corrected chi connectivity index (χ2v) is 4.54. The summed E-state index contributed by atoms with van der Waals surface area (Å²) in [5.41, 5.74) is 3.84. The Balaban J connectivity index is 2.34. The second-order valence-electron chi connectivity index (χ2n) is 4.54. The molecule has 2 rings (SSSR count). The monoisotopic (exact) mass is 202 g/mol. The Morgan fingerprint density at radius 2 is 2.07 bits per heavy atom. The van der Waals surface area contributed by atoms with E-state index >= 15 is 0 Å². The van der Waals surface area contributed by atoms with E-state index in [0.717, 1.165) is 0 Å². The van der Waals surface area contributed by atoms with Crippen molar-refractivity contribution in [2.75, 3.05) is 0 Å². The molecule has 2 nitrogen and oxygen atoms in total. The summed E-state index contributed by atoms with van der Waals surface area (Å²) in [7, 11) is 0. The minimum atomic E-state index is 0.548. The van der Waals surface area contributed by atoms with Crippen LogP contribution in [0.2, 0.25) is 0 Å². The third kappa shape index (κ3) is 1.79. The molecule has 1 aromatic rings. The highest BCUT2D eigenvalue weighted by Crippen LogP contribution is 2.33. The first-order valence-corrected chi connectivity index (χ1v) is 5.78. The van der Waals surface area contributed by atoms with Crippen molar-refractivity contribution >= 4 is 0 Å². The van der Waals surface area contributed by atoms with Gasteiger partial charge in [0.05, 0.1) is 12.5 Å². The summed E-state index contributed by atoms with van der Waals surface area (Å²) >= 11 is 0. The largest absolute Gasteiger partial charge is 0.346 e. The van der Waals surface area contributed by atoms with E-state index in [0.29, 0.717) is 12.5 Å². The molecule has 1 heterocycles. The molecule has 15 heavy (non-hydrogen) atoms. The Morgan fingerprint density at radius 3 is 2.67 bits per heavy atom. The summed E-state index contributed by atoms with van der Waals surface area (Å²) < 4.78 is 2.44. The van der Waals surface area contributed by atoms with Crippen LogP contribution in [0.4, 0.5) is 0 Å². The van der Waals surface area contributed by atoms with Crippen molar-refractivity contribution in [2.24, 2.45) is 0 Å². The van der Waals surface area contributed by atoms with Crippen molar-refractivity contribution in [2.45, 2.75) is 52.0 Å². The Labute approximate surface area is 91.5 Å². The first-order chi connectivity index (χ1) is 7.24. The highest BCUT2D eigenvalue weighted by Gasteiger charge is 2.20. The van der Waals surface area contributed by atoms with E-state index in [1.54, 1.807) is 0 Å². The molecule has 0 aromatic carbocycles. The van der Waals surface area contributed by atoms with Gasteiger partial charge in [0, 0.05) is 17.4 Å². The number of nitriles is 1. The van der Waals surface area contributed by atoms with Crippen molar-refractivity contribution in [1.29, 1.82) is 5.26 Å². The maximum absolute atomic E-state index is 8.75. The van der Waals surface area contributed by atoms with Crippen LogP contribution in [-0.4, -0.2) is 4.57 Å². The first kappa shape index (κ1) is 10.3. The fraction of sp³-hybridized carbons (Fsp3) is 0.615. The zero-order chi connectivity index (χ0) is 10.8. The van der Waals surface area contributed by atoms with Crippen LogP contribution < -0.4 is 0 Å². The second kappa shape index (κ2) is 4.10. The molecular formula is C13H18N2. The lowest BCUT2D eigenvalue weighted by molar-refractivity contribution is 0.499. The number of hydrogen-bond donors (Lipinski definition) is 0. The van der Waals surface area contributed by atoms with Crippen molar-refractivity contribution < 1.29 is 0 Å². The number of aromatic nitrogens is 1. The summed E-state index contributed by atoms with van der Waals surface area (Å²) in [5, 5.41) is 8.75. The summed E-state index contributed by atoms with van der Waals surface area (Å²) in [4.78, 5) is 0. The minimum Gasteiger partial charge on any atom is -0.346 e. The van der Waals surface area contributed by atoms with Gasteiger partial charge in [-0.25, -0.2) is 0 Å². The molecule has 2 heteroatoms. The van der Waals surface area contributed by atoms with Crippen molar-refractivity contribution in [3.8, 4) is 6.07 Å². The summed E-state index contributed by atoms with van der Waals surface area (Å²) in [5.74, 6) is 0. The molecule has 0 N–H and O–H groups in total. The molecule has 0 spiro atoms. The van der Waals surface area contributed by atoms with Gasteiger partial charge in [-0.2, -0.15) is 5.26 Å². The quantitative estimate of drug-likeness (QED) is 0.723. The molecule has 0 atom stereocenters. The van der Waals surface area contributed by atoms with Crippen LogP contribution in [0.3, 0.4) is 0 Å². The summed E-state index contributed by atoms with van der Waals surface area (Å²) in [6.45, 7) is 4.31. The van der Waals surface area contributed by atoms with Gasteiger partial charge in [-0.1, -0.05) is 12.8 Å². The molecule has 0 aliphatic heterocycles. The average Bonchev–Trinajstić information content (AvgIpc) is 2.77. The van der Waals surface area contributed by atoms with Crippen LogP contribution in [0.1, 0.15) is 48.7 Å². The van der Waals surface area contributed by atoms with E-state index in [4.69, 9.17) is 5.26 Å². The molecule has 0 unspecified atom stereocenters. The van der Waals surface area contributed by atoms with Crippen LogP contribution in [0.25, 0.3) is 0 Å². The zero-order valence-corrected chi connectivity index (χ0v) is 9.58. The Bertz CT molecular complexity index is 389. The molecule has 0 bridgehead atoms. The normalized spacial score (nSPS) is 16.9. The van der Waals surface area contributed by atoms with E-state index in [1.165, 1.54) is 42.6 Å². The van der Waals surface area contributed by atoms with E-state index in [2.05, 4.69) is 30.6 Å². The predicted molar refractivity (Wildman–Crippen MR) is 60.7 cm³/mol. The molecular weight excluding hydrogens is 184 g/mol. The first-order valence-electron chi connectivity index (χ1n) is 5.78. The third-order valence-electron chi connectivity index (χ3n) is 3.55. The van der Waals surface area contributed by atoms with Gasteiger partial charge < -0.3 is 4.57 Å². The van der Waals surface area contributed by atoms with Gasteiger partial charge in [0.2, 0.25) is 0 Å². The van der Waals surface area contributed by atoms with E-state index in [9.17, 15) is 0 Å². The standard InChI is InChI=1S/C13H18N2/c1-10-9-12(7-8-14)11(2)15(10)13-5-3-4-6-13/h9,13H,3-7H2,1-2H3. The fourth-order valence-electron chi connectivity index (χ4n) is 2.83. The lowest BCUT2D eigenvalue weighted by Crippen LogP contribution is -2.08. The molecule has 0 saturated heterocycles. The molecule has 80 valence electrons. The average molecular weight is 202 g/mol. The van der Waals surface area contributed by atoms with Gasteiger partial charge in [-0.15, -0.1) is 0 Å². The van der Waals surface area contributed by atoms with Gasteiger partial charge in [-0.05, 0) is 38.3 Å². The van der Waals surface area contributed by atoms with Gasteiger partial charge in [0.1, 0.15) is 0 Å². The van der Waals surface area contributed by atoms with Gasteiger partial charge in [0.15, 0.2) is 0 Å². The maximum atomic E-state index is 8.75. The van der Waals surface area contributed by atoms with E-state index < -0.39 is 0 Å². The molecule has 1 aliphatic carbocycles. The Hall–Kier alpha value is -1.23.